The second kappa shape index (κ2) is 6.96. The highest BCUT2D eigenvalue weighted by Gasteiger charge is 1.76. The molecule has 0 radical (unpaired) electrons. The second-order valence-electron chi connectivity index (χ2n) is 2.02. The molecule has 0 spiro atoms. The highest BCUT2D eigenvalue weighted by molar-refractivity contribution is 6.35. The Morgan fingerprint density at radius 3 is 2.50 bits per heavy atom. The lowest BCUT2D eigenvalue weighted by molar-refractivity contribution is 1.21. The van der Waals surface area contributed by atoms with Gasteiger partial charge in [0.2, 0.25) is 0 Å². The molecule has 0 aliphatic rings. The zero-order valence-corrected chi connectivity index (χ0v) is 7.40. The van der Waals surface area contributed by atoms with E-state index in [2.05, 4.69) is 26.0 Å². The Balaban J connectivity index is 2.80. The maximum atomic E-state index is 2.33. The number of rotatable bonds is 4. The summed E-state index contributed by atoms with van der Waals surface area (Å²) in [6.45, 7) is 4.47. The molecule has 1 heteroatoms. The molecule has 0 fully saturated rings. The first-order valence-corrected chi connectivity index (χ1v) is 5.56. The number of allylic oxidation sites excluding steroid dienone is 2. The van der Waals surface area contributed by atoms with E-state index in [-0.39, 0.29) is 0 Å². The third-order valence-corrected chi connectivity index (χ3v) is 2.58. The van der Waals surface area contributed by atoms with Crippen molar-refractivity contribution in [3.8, 4) is 0 Å². The molecule has 0 aliphatic carbocycles. The molecule has 0 atom stereocenters. The van der Waals surface area contributed by atoms with Crippen molar-refractivity contribution in [3.63, 3.8) is 0 Å². The quantitative estimate of drug-likeness (QED) is 0.308. The molecule has 0 aliphatic heterocycles. The molecule has 0 nitrogen and oxygen atoms in total. The molecule has 48 valence electrons. The first kappa shape index (κ1) is 7.96. The van der Waals surface area contributed by atoms with E-state index in [0.29, 0.717) is 9.52 Å². The van der Waals surface area contributed by atoms with Gasteiger partial charge in [-0.1, -0.05) is 32.0 Å². The van der Waals surface area contributed by atoms with Crippen LogP contribution in [0, 0.1) is 0 Å². The average molecular weight is 128 g/mol. The minimum atomic E-state index is 0.315. The first-order chi connectivity index (χ1) is 3.91. The van der Waals surface area contributed by atoms with Crippen LogP contribution in [0.2, 0.25) is 12.1 Å². The molecule has 0 unspecified atom stereocenters. The molecule has 0 saturated heterocycles. The van der Waals surface area contributed by atoms with Gasteiger partial charge in [-0.3, -0.25) is 0 Å². The van der Waals surface area contributed by atoms with Crippen LogP contribution in [0.1, 0.15) is 20.3 Å². The van der Waals surface area contributed by atoms with E-state index < -0.39 is 0 Å². The molecule has 0 bridgehead atoms. The minimum absolute atomic E-state index is 0.315. The average Bonchev–Trinajstić information content (AvgIpc) is 1.81. The number of hydrogen-bond donors (Lipinski definition) is 0. The predicted octanol–water partition coefficient (Wildman–Crippen LogP) is 1.98. The van der Waals surface area contributed by atoms with Crippen molar-refractivity contribution in [2.45, 2.75) is 32.4 Å². The molecule has 0 amide bonds. The molecular weight excluding hydrogens is 112 g/mol. The fraction of sp³-hybridized carbons (Fsp3) is 0.714. The van der Waals surface area contributed by atoms with Gasteiger partial charge in [-0.05, 0) is 12.5 Å². The summed E-state index contributed by atoms with van der Waals surface area (Å²) in [6.07, 6.45) is 5.80. The lowest BCUT2D eigenvalue weighted by Gasteiger charge is -1.84. The van der Waals surface area contributed by atoms with Gasteiger partial charge in [-0.15, -0.1) is 0 Å². The Morgan fingerprint density at radius 2 is 2.00 bits per heavy atom. The van der Waals surface area contributed by atoms with Crippen molar-refractivity contribution in [2.24, 2.45) is 0 Å². The zero-order valence-electron chi connectivity index (χ0n) is 5.98. The maximum Gasteiger partial charge on any atom is 0.0237 e. The van der Waals surface area contributed by atoms with Crippen LogP contribution in [0.4, 0.5) is 0 Å². The highest BCUT2D eigenvalue weighted by Crippen LogP contribution is 1.87. The van der Waals surface area contributed by atoms with Crippen LogP contribution in [0.5, 0.6) is 0 Å². The molecule has 0 N–H and O–H groups in total. The van der Waals surface area contributed by atoms with Crippen LogP contribution in [-0.4, -0.2) is 9.52 Å². The monoisotopic (exact) mass is 128 g/mol. The molecule has 0 aromatic heterocycles. The van der Waals surface area contributed by atoms with Crippen molar-refractivity contribution >= 4 is 9.52 Å². The molecular formula is C7H16Si. The summed E-state index contributed by atoms with van der Waals surface area (Å²) in [4.78, 5) is 0. The van der Waals surface area contributed by atoms with E-state index in [1.807, 2.05) is 0 Å². The van der Waals surface area contributed by atoms with Crippen molar-refractivity contribution in [2.75, 3.05) is 0 Å². The Kier molecular flexibility index (Phi) is 6.92. The van der Waals surface area contributed by atoms with Gasteiger partial charge in [-0.2, -0.15) is 0 Å². The lowest BCUT2D eigenvalue weighted by Crippen LogP contribution is -1.79. The van der Waals surface area contributed by atoms with Crippen LogP contribution >= 0.6 is 0 Å². The van der Waals surface area contributed by atoms with E-state index in [1.165, 1.54) is 18.5 Å². The summed E-state index contributed by atoms with van der Waals surface area (Å²) in [5.74, 6) is 0. The van der Waals surface area contributed by atoms with E-state index in [4.69, 9.17) is 0 Å². The molecule has 0 saturated carbocycles. The number of hydrogen-bond acceptors (Lipinski definition) is 0. The van der Waals surface area contributed by atoms with E-state index >= 15 is 0 Å². The minimum Gasteiger partial charge on any atom is -0.0918 e. The van der Waals surface area contributed by atoms with Gasteiger partial charge in [0.05, 0.1) is 0 Å². The topological polar surface area (TPSA) is 0 Å². The first-order valence-electron chi connectivity index (χ1n) is 3.56. The smallest absolute Gasteiger partial charge is 0.0237 e. The molecule has 0 aromatic rings. The van der Waals surface area contributed by atoms with E-state index in [9.17, 15) is 0 Å². The van der Waals surface area contributed by atoms with Crippen LogP contribution < -0.4 is 0 Å². The molecule has 8 heavy (non-hydrogen) atoms. The fourth-order valence-corrected chi connectivity index (χ4v) is 1.49. The van der Waals surface area contributed by atoms with Gasteiger partial charge in [-0.25, -0.2) is 0 Å². The van der Waals surface area contributed by atoms with Crippen molar-refractivity contribution < 1.29 is 0 Å². The summed E-state index contributed by atoms with van der Waals surface area (Å²) in [5.41, 5.74) is 0. The summed E-state index contributed by atoms with van der Waals surface area (Å²) >= 11 is 0. The van der Waals surface area contributed by atoms with Crippen molar-refractivity contribution in [1.29, 1.82) is 0 Å². The molecule has 0 aromatic carbocycles. The summed E-state index contributed by atoms with van der Waals surface area (Å²) < 4.78 is 0. The maximum absolute atomic E-state index is 2.33. The summed E-state index contributed by atoms with van der Waals surface area (Å²) in [7, 11) is 0.315. The van der Waals surface area contributed by atoms with Gasteiger partial charge in [0.15, 0.2) is 0 Å². The highest BCUT2D eigenvalue weighted by atomic mass is 28.2. The van der Waals surface area contributed by atoms with Crippen LogP contribution in [0.3, 0.4) is 0 Å². The van der Waals surface area contributed by atoms with Crippen molar-refractivity contribution in [1.82, 2.24) is 0 Å². The fourth-order valence-electron chi connectivity index (χ4n) is 0.606. The normalized spacial score (nSPS) is 12.2. The Morgan fingerprint density at radius 1 is 1.25 bits per heavy atom. The van der Waals surface area contributed by atoms with Crippen LogP contribution in [0.25, 0.3) is 0 Å². The third kappa shape index (κ3) is 5.96. The van der Waals surface area contributed by atoms with E-state index in [1.54, 1.807) is 0 Å². The SMILES string of the molecule is CC/C=C/C[SiH2]CC. The Labute approximate surface area is 54.8 Å². The van der Waals surface area contributed by atoms with Gasteiger partial charge in [0.25, 0.3) is 0 Å². The molecule has 0 heterocycles. The third-order valence-electron chi connectivity index (χ3n) is 1.13. The largest absolute Gasteiger partial charge is 0.0918 e. The standard InChI is InChI=1S/C7H16Si/c1-3-5-6-7-8-4-2/h5-6H,3-4,7-8H2,1-2H3/b6-5+. The lowest BCUT2D eigenvalue weighted by atomic mass is 10.4. The van der Waals surface area contributed by atoms with E-state index in [0.717, 1.165) is 0 Å². The zero-order chi connectivity index (χ0) is 6.24. The van der Waals surface area contributed by atoms with Gasteiger partial charge in [0.1, 0.15) is 0 Å². The predicted molar refractivity (Wildman–Crippen MR) is 43.3 cm³/mol. The summed E-state index contributed by atoms with van der Waals surface area (Å²) in [6, 6.07) is 2.86. The Hall–Kier alpha value is -0.0431. The van der Waals surface area contributed by atoms with Gasteiger partial charge in [0, 0.05) is 9.52 Å². The molecule has 0 rings (SSSR count). The summed E-state index contributed by atoms with van der Waals surface area (Å²) in [5, 5.41) is 0. The van der Waals surface area contributed by atoms with Gasteiger partial charge >= 0.3 is 0 Å². The van der Waals surface area contributed by atoms with Crippen molar-refractivity contribution in [3.05, 3.63) is 12.2 Å². The Bertz CT molecular complexity index is 57.4. The van der Waals surface area contributed by atoms with Crippen LogP contribution in [0.15, 0.2) is 12.2 Å². The van der Waals surface area contributed by atoms with Crippen LogP contribution in [-0.2, 0) is 0 Å². The van der Waals surface area contributed by atoms with Gasteiger partial charge < -0.3 is 0 Å². The second-order valence-corrected chi connectivity index (χ2v) is 4.31.